The van der Waals surface area contributed by atoms with Gasteiger partial charge in [-0.05, 0) is 31.5 Å². The van der Waals surface area contributed by atoms with Crippen LogP contribution in [0.1, 0.15) is 34.0 Å². The third-order valence-electron chi connectivity index (χ3n) is 5.42. The first-order valence-electron chi connectivity index (χ1n) is 11.3. The lowest BCUT2D eigenvalue weighted by molar-refractivity contribution is 0.0302. The molecule has 0 aliphatic carbocycles. The van der Waals surface area contributed by atoms with E-state index in [0.29, 0.717) is 39.4 Å². The number of amides is 1. The molecule has 0 saturated heterocycles. The SMILES string of the molecule is [2H]C([2H])([2H])n1nnc2c3cc(cc21)CO[C@@H](C)[C@@H](C)NC(=O)c1cnc2c(NC)cc(nn12)N3. The van der Waals surface area contributed by atoms with Gasteiger partial charge < -0.3 is 20.7 Å². The number of fused-ring (bicyclic) bond motifs is 5. The van der Waals surface area contributed by atoms with Gasteiger partial charge in [0.1, 0.15) is 5.52 Å². The minimum Gasteiger partial charge on any atom is -0.385 e. The quantitative estimate of drug-likeness (QED) is 0.423. The normalized spacial score (nSPS) is 21.1. The van der Waals surface area contributed by atoms with Gasteiger partial charge in [-0.25, -0.2) is 14.2 Å². The van der Waals surface area contributed by atoms with E-state index in [9.17, 15) is 4.79 Å². The van der Waals surface area contributed by atoms with E-state index in [1.165, 1.54) is 10.7 Å². The van der Waals surface area contributed by atoms with Crippen molar-refractivity contribution in [2.75, 3.05) is 17.7 Å². The van der Waals surface area contributed by atoms with Crippen LogP contribution in [0.5, 0.6) is 0 Å². The zero-order chi connectivity index (χ0) is 24.2. The second kappa shape index (κ2) is 7.20. The summed E-state index contributed by atoms with van der Waals surface area (Å²) < 4.78 is 31.8. The number of carbonyl (C=O) groups is 1. The molecule has 1 aliphatic rings. The molecule has 0 spiro atoms. The summed E-state index contributed by atoms with van der Waals surface area (Å²) >= 11 is 0. The number of rotatable bonds is 1. The van der Waals surface area contributed by atoms with Crippen LogP contribution in [0.15, 0.2) is 24.4 Å². The molecule has 0 fully saturated rings. The van der Waals surface area contributed by atoms with E-state index in [2.05, 4.69) is 36.3 Å². The number of aryl methyl sites for hydroxylation is 1. The highest BCUT2D eigenvalue weighted by Gasteiger charge is 2.22. The summed E-state index contributed by atoms with van der Waals surface area (Å²) in [4.78, 5) is 17.3. The molecule has 0 saturated carbocycles. The Bertz CT molecular complexity index is 1410. The Hall–Kier alpha value is -3.73. The number of ether oxygens (including phenoxy) is 1. The largest absolute Gasteiger partial charge is 0.385 e. The van der Waals surface area contributed by atoms with Gasteiger partial charge in [0, 0.05) is 24.2 Å². The Morgan fingerprint density at radius 3 is 3.00 bits per heavy atom. The Morgan fingerprint density at radius 1 is 1.32 bits per heavy atom. The van der Waals surface area contributed by atoms with Gasteiger partial charge in [-0.2, -0.15) is 0 Å². The number of hydrogen-bond acceptors (Lipinski definition) is 8. The molecule has 4 bridgehead atoms. The molecule has 4 heterocycles. The van der Waals surface area contributed by atoms with Crippen LogP contribution in [0.4, 0.5) is 17.2 Å². The van der Waals surface area contributed by atoms with Crippen LogP contribution in [-0.2, 0) is 18.3 Å². The second-order valence-electron chi connectivity index (χ2n) is 7.49. The minimum atomic E-state index is -2.50. The first kappa shape index (κ1) is 16.0. The number of benzene rings is 1. The topological polar surface area (TPSA) is 123 Å². The number of nitrogens with zero attached hydrogens (tertiary/aromatic N) is 6. The first-order valence-corrected chi connectivity index (χ1v) is 9.80. The third kappa shape index (κ3) is 3.22. The van der Waals surface area contributed by atoms with Crippen molar-refractivity contribution in [3.8, 4) is 0 Å². The van der Waals surface area contributed by atoms with E-state index >= 15 is 0 Å². The molecule has 4 aromatic rings. The third-order valence-corrected chi connectivity index (χ3v) is 5.42. The van der Waals surface area contributed by atoms with Gasteiger partial charge in [0.2, 0.25) is 0 Å². The van der Waals surface area contributed by atoms with Crippen molar-refractivity contribution in [1.82, 2.24) is 34.9 Å². The zero-order valence-electron chi connectivity index (χ0n) is 20.2. The fourth-order valence-electron chi connectivity index (χ4n) is 3.54. The highest BCUT2D eigenvalue weighted by molar-refractivity contribution is 5.94. The van der Waals surface area contributed by atoms with Crippen molar-refractivity contribution in [1.29, 1.82) is 0 Å². The lowest BCUT2D eigenvalue weighted by atomic mass is 10.1. The van der Waals surface area contributed by atoms with Crippen LogP contribution in [0.25, 0.3) is 16.7 Å². The Morgan fingerprint density at radius 2 is 2.19 bits per heavy atom. The summed E-state index contributed by atoms with van der Waals surface area (Å²) in [5.74, 6) is 0.0610. The Balaban J connectivity index is 1.74. The minimum absolute atomic E-state index is 0.185. The fourth-order valence-corrected chi connectivity index (χ4v) is 3.54. The van der Waals surface area contributed by atoms with Crippen LogP contribution in [0.3, 0.4) is 0 Å². The monoisotopic (exact) mass is 424 g/mol. The van der Waals surface area contributed by atoms with Crippen LogP contribution in [0, 0.1) is 0 Å². The van der Waals surface area contributed by atoms with Crippen LogP contribution in [-0.4, -0.2) is 54.7 Å². The van der Waals surface area contributed by atoms with Crippen molar-refractivity contribution in [2.45, 2.75) is 32.6 Å². The predicted octanol–water partition coefficient (Wildman–Crippen LogP) is 1.83. The van der Waals surface area contributed by atoms with E-state index in [-0.39, 0.29) is 30.4 Å². The standard InChI is InChI=1S/C20H23N9O2/c1-10-11(2)31-9-12-5-13(18-15(6-12)28(4)27-25-18)24-17-7-14(21-3)19-22-8-16(20(30)23-10)29(19)26-17/h5-8,10-11,21H,9H2,1-4H3,(H,23,30)(H,24,26)/t10-,11+/m1/s1/i4D3. The zero-order valence-corrected chi connectivity index (χ0v) is 17.2. The molecule has 2 atom stereocenters. The molecule has 3 N–H and O–H groups in total. The smallest absolute Gasteiger partial charge is 0.271 e. The molecule has 1 amide bonds. The number of aromatic nitrogens is 6. The highest BCUT2D eigenvalue weighted by Crippen LogP contribution is 2.29. The van der Waals surface area contributed by atoms with E-state index in [4.69, 9.17) is 8.85 Å². The summed E-state index contributed by atoms with van der Waals surface area (Å²) in [5, 5.41) is 21.7. The maximum Gasteiger partial charge on any atom is 0.271 e. The van der Waals surface area contributed by atoms with Crippen molar-refractivity contribution < 1.29 is 13.6 Å². The lowest BCUT2D eigenvalue weighted by Gasteiger charge is -2.22. The van der Waals surface area contributed by atoms with Crippen molar-refractivity contribution in [2.24, 2.45) is 6.98 Å². The fraction of sp³-hybridized carbons (Fsp3) is 0.350. The van der Waals surface area contributed by atoms with Crippen LogP contribution in [0.2, 0.25) is 0 Å². The van der Waals surface area contributed by atoms with Crippen molar-refractivity contribution >= 4 is 39.8 Å². The predicted molar refractivity (Wildman–Crippen MR) is 116 cm³/mol. The first-order chi connectivity index (χ1) is 16.2. The number of carbonyl (C=O) groups excluding carboxylic acids is 1. The molecule has 11 nitrogen and oxygen atoms in total. The Labute approximate surface area is 182 Å². The van der Waals surface area contributed by atoms with E-state index < -0.39 is 6.98 Å². The summed E-state index contributed by atoms with van der Waals surface area (Å²) in [6, 6.07) is 4.94. The number of hydrogen-bond donors (Lipinski definition) is 3. The maximum absolute atomic E-state index is 13.0. The number of imidazole rings is 1. The van der Waals surface area contributed by atoms with Gasteiger partial charge in [0.15, 0.2) is 17.2 Å². The van der Waals surface area contributed by atoms with Gasteiger partial charge in [0.25, 0.3) is 5.91 Å². The van der Waals surface area contributed by atoms with Gasteiger partial charge in [0.05, 0.1) is 41.8 Å². The number of anilines is 3. The van der Waals surface area contributed by atoms with Crippen LogP contribution >= 0.6 is 0 Å². The Kier molecular flexibility index (Phi) is 3.72. The van der Waals surface area contributed by atoms with Crippen molar-refractivity contribution in [3.05, 3.63) is 35.7 Å². The molecule has 31 heavy (non-hydrogen) atoms. The average molecular weight is 424 g/mol. The molecule has 0 radical (unpaired) electrons. The summed E-state index contributed by atoms with van der Waals surface area (Å²) in [7, 11) is 1.74. The van der Waals surface area contributed by atoms with Gasteiger partial charge >= 0.3 is 0 Å². The molecule has 160 valence electrons. The second-order valence-corrected chi connectivity index (χ2v) is 7.49. The van der Waals surface area contributed by atoms with Crippen molar-refractivity contribution in [3.63, 3.8) is 0 Å². The average Bonchev–Trinajstić information content (AvgIpc) is 3.40. The molecular formula is C20H23N9O2. The molecule has 5 rings (SSSR count). The summed E-state index contributed by atoms with van der Waals surface area (Å²) in [5.41, 5.74) is 3.31. The molecular weight excluding hydrogens is 398 g/mol. The highest BCUT2D eigenvalue weighted by atomic mass is 16.5. The van der Waals surface area contributed by atoms with E-state index in [1.54, 1.807) is 19.2 Å². The van der Waals surface area contributed by atoms with Gasteiger partial charge in [-0.3, -0.25) is 4.79 Å². The molecule has 1 aromatic carbocycles. The molecule has 0 unspecified atom stereocenters. The molecule has 11 heteroatoms. The number of nitrogens with one attached hydrogen (secondary N) is 3. The van der Waals surface area contributed by atoms with Gasteiger partial charge in [-0.15, -0.1) is 10.2 Å². The summed E-state index contributed by atoms with van der Waals surface area (Å²) in [6.07, 6.45) is 1.13. The van der Waals surface area contributed by atoms with E-state index in [1.807, 2.05) is 19.9 Å². The lowest BCUT2D eigenvalue weighted by Crippen LogP contribution is -2.41. The molecule has 3 aromatic heterocycles. The van der Waals surface area contributed by atoms with Crippen LogP contribution < -0.4 is 16.0 Å². The van der Waals surface area contributed by atoms with E-state index in [0.717, 1.165) is 4.68 Å². The maximum atomic E-state index is 13.0. The summed E-state index contributed by atoms with van der Waals surface area (Å²) in [6.45, 7) is 1.39. The van der Waals surface area contributed by atoms with Gasteiger partial charge in [-0.1, -0.05) is 5.21 Å². The molecule has 1 aliphatic heterocycles.